The summed E-state index contributed by atoms with van der Waals surface area (Å²) in [5.41, 5.74) is 1.50. The molecule has 0 bridgehead atoms. The van der Waals surface area contributed by atoms with Crippen molar-refractivity contribution in [2.75, 3.05) is 5.32 Å². The molecule has 2 atom stereocenters. The number of aliphatic imine (C=N–C) groups is 1. The first kappa shape index (κ1) is 15.1. The lowest BCUT2D eigenvalue weighted by Gasteiger charge is -2.31. The molecule has 2 aromatic carbocycles. The molecule has 0 saturated heterocycles. The van der Waals surface area contributed by atoms with Crippen LogP contribution >= 0.6 is 15.9 Å². The summed E-state index contributed by atoms with van der Waals surface area (Å²) in [5, 5.41) is 11.4. The van der Waals surface area contributed by atoms with Gasteiger partial charge in [-0.2, -0.15) is 5.10 Å². The Labute approximate surface area is 148 Å². The number of rotatable bonds is 4. The van der Waals surface area contributed by atoms with E-state index in [2.05, 4.69) is 48.8 Å². The summed E-state index contributed by atoms with van der Waals surface area (Å²) in [6, 6.07) is 20.2. The third-order valence-electron chi connectivity index (χ3n) is 3.96. The standard InChI is InChI=1S/C18H16BrN5/c19-15-7-9-16(10-8-15)22-18(14-5-2-1-3-6-14)13-20-17(23-18)24-12-4-11-21-24/h1-13,17,22-23H. The molecule has 24 heavy (non-hydrogen) atoms. The Kier molecular flexibility index (Phi) is 3.92. The molecule has 0 aliphatic carbocycles. The molecule has 4 rings (SSSR count). The van der Waals surface area contributed by atoms with E-state index in [0.717, 1.165) is 15.7 Å². The first-order chi connectivity index (χ1) is 11.8. The smallest absolute Gasteiger partial charge is 0.197 e. The monoisotopic (exact) mass is 381 g/mol. The maximum Gasteiger partial charge on any atom is 0.197 e. The second kappa shape index (κ2) is 6.22. The van der Waals surface area contributed by atoms with E-state index in [1.54, 1.807) is 10.9 Å². The Morgan fingerprint density at radius 1 is 1.04 bits per heavy atom. The maximum atomic E-state index is 4.61. The van der Waals surface area contributed by atoms with Crippen molar-refractivity contribution in [3.63, 3.8) is 0 Å². The van der Waals surface area contributed by atoms with Gasteiger partial charge in [-0.25, -0.2) is 10.00 Å². The topological polar surface area (TPSA) is 54.2 Å². The largest absolute Gasteiger partial charge is 0.359 e. The molecule has 2 unspecified atom stereocenters. The van der Waals surface area contributed by atoms with Crippen molar-refractivity contribution in [1.29, 1.82) is 0 Å². The van der Waals surface area contributed by atoms with E-state index < -0.39 is 5.66 Å². The van der Waals surface area contributed by atoms with Crippen LogP contribution in [0.5, 0.6) is 0 Å². The quantitative estimate of drug-likeness (QED) is 0.723. The van der Waals surface area contributed by atoms with Gasteiger partial charge in [-0.1, -0.05) is 46.3 Å². The molecule has 1 aromatic heterocycles. The average molecular weight is 382 g/mol. The Morgan fingerprint density at radius 3 is 2.54 bits per heavy atom. The minimum absolute atomic E-state index is 0.247. The molecule has 0 radical (unpaired) electrons. The summed E-state index contributed by atoms with van der Waals surface area (Å²) in [4.78, 5) is 4.61. The van der Waals surface area contributed by atoms with Gasteiger partial charge in [0.05, 0.1) is 0 Å². The molecule has 0 spiro atoms. The predicted octanol–water partition coefficient (Wildman–Crippen LogP) is 3.74. The van der Waals surface area contributed by atoms with Crippen LogP contribution in [0.25, 0.3) is 0 Å². The molecule has 2 N–H and O–H groups in total. The Bertz CT molecular complexity index is 830. The van der Waals surface area contributed by atoms with Crippen LogP contribution in [0.15, 0.2) is 82.5 Å². The zero-order valence-corrected chi connectivity index (χ0v) is 14.4. The fourth-order valence-corrected chi connectivity index (χ4v) is 3.04. The third kappa shape index (κ3) is 2.86. The normalized spacial score (nSPS) is 22.6. The van der Waals surface area contributed by atoms with Crippen molar-refractivity contribution < 1.29 is 0 Å². The molecule has 0 saturated carbocycles. The van der Waals surface area contributed by atoms with Crippen molar-refractivity contribution in [2.24, 2.45) is 4.99 Å². The van der Waals surface area contributed by atoms with Crippen LogP contribution in [0.2, 0.25) is 0 Å². The summed E-state index contributed by atoms with van der Waals surface area (Å²) in [6.45, 7) is 0. The van der Waals surface area contributed by atoms with E-state index in [9.17, 15) is 0 Å². The van der Waals surface area contributed by atoms with Crippen molar-refractivity contribution in [2.45, 2.75) is 12.0 Å². The number of benzene rings is 2. The van der Waals surface area contributed by atoms with Gasteiger partial charge < -0.3 is 5.32 Å². The zero-order chi connectivity index (χ0) is 16.4. The molecule has 5 nitrogen and oxygen atoms in total. The van der Waals surface area contributed by atoms with Crippen molar-refractivity contribution in [3.05, 3.63) is 83.1 Å². The average Bonchev–Trinajstić information content (AvgIpc) is 3.28. The number of nitrogens with one attached hydrogen (secondary N) is 2. The molecule has 1 aliphatic rings. The number of hydrogen-bond acceptors (Lipinski definition) is 4. The summed E-state index contributed by atoms with van der Waals surface area (Å²) in [6.07, 6.45) is 5.32. The summed E-state index contributed by atoms with van der Waals surface area (Å²) in [7, 11) is 0. The van der Waals surface area contributed by atoms with Crippen LogP contribution in [0, 0.1) is 0 Å². The minimum atomic E-state index is -0.592. The second-order valence-electron chi connectivity index (χ2n) is 5.59. The Morgan fingerprint density at radius 2 is 1.83 bits per heavy atom. The summed E-state index contributed by atoms with van der Waals surface area (Å²) >= 11 is 3.47. The van der Waals surface area contributed by atoms with Crippen molar-refractivity contribution in [3.8, 4) is 0 Å². The molecular formula is C18H16BrN5. The Balaban J connectivity index is 1.69. The van der Waals surface area contributed by atoms with Gasteiger partial charge in [-0.05, 0) is 35.9 Å². The highest BCUT2D eigenvalue weighted by atomic mass is 79.9. The number of hydrogen-bond donors (Lipinski definition) is 2. The van der Waals surface area contributed by atoms with Crippen LogP contribution < -0.4 is 10.6 Å². The van der Waals surface area contributed by atoms with E-state index >= 15 is 0 Å². The molecule has 120 valence electrons. The molecule has 0 fully saturated rings. The SMILES string of the molecule is Brc1ccc(NC2(c3ccccc3)C=NC(n3cccn3)N2)cc1. The number of halogens is 1. The van der Waals surface area contributed by atoms with Gasteiger partial charge >= 0.3 is 0 Å². The van der Waals surface area contributed by atoms with Crippen LogP contribution in [0.4, 0.5) is 5.69 Å². The van der Waals surface area contributed by atoms with Gasteiger partial charge in [0.1, 0.15) is 0 Å². The highest BCUT2D eigenvalue weighted by Gasteiger charge is 2.37. The van der Waals surface area contributed by atoms with E-state index in [1.807, 2.05) is 60.9 Å². The second-order valence-corrected chi connectivity index (χ2v) is 6.50. The minimum Gasteiger partial charge on any atom is -0.359 e. The van der Waals surface area contributed by atoms with Gasteiger partial charge in [0.2, 0.25) is 0 Å². The summed E-state index contributed by atoms with van der Waals surface area (Å²) in [5.74, 6) is 0. The molecule has 0 amide bonds. The molecule has 6 heteroatoms. The number of nitrogens with zero attached hydrogens (tertiary/aromatic N) is 3. The van der Waals surface area contributed by atoms with Crippen molar-refractivity contribution in [1.82, 2.24) is 15.1 Å². The third-order valence-corrected chi connectivity index (χ3v) is 4.49. The molecule has 2 heterocycles. The lowest BCUT2D eigenvalue weighted by Crippen LogP contribution is -2.48. The fourth-order valence-electron chi connectivity index (χ4n) is 2.78. The van der Waals surface area contributed by atoms with Gasteiger partial charge in [0, 0.05) is 28.8 Å². The lowest BCUT2D eigenvalue weighted by molar-refractivity contribution is 0.354. The highest BCUT2D eigenvalue weighted by Crippen LogP contribution is 2.29. The molecular weight excluding hydrogens is 366 g/mol. The lowest BCUT2D eigenvalue weighted by atomic mass is 10.0. The van der Waals surface area contributed by atoms with E-state index in [-0.39, 0.29) is 6.29 Å². The number of anilines is 1. The molecule has 3 aromatic rings. The first-order valence-corrected chi connectivity index (χ1v) is 8.45. The van der Waals surface area contributed by atoms with Crippen molar-refractivity contribution >= 4 is 27.8 Å². The first-order valence-electron chi connectivity index (χ1n) is 7.66. The Hall–Kier alpha value is -2.44. The van der Waals surface area contributed by atoms with Gasteiger partial charge in [0.15, 0.2) is 12.0 Å². The highest BCUT2D eigenvalue weighted by molar-refractivity contribution is 9.10. The molecule has 1 aliphatic heterocycles. The van der Waals surface area contributed by atoms with Crippen LogP contribution in [0.1, 0.15) is 11.9 Å². The van der Waals surface area contributed by atoms with Gasteiger partial charge in [-0.3, -0.25) is 4.99 Å². The van der Waals surface area contributed by atoms with Crippen LogP contribution in [0.3, 0.4) is 0 Å². The summed E-state index contributed by atoms with van der Waals surface area (Å²) < 4.78 is 2.84. The van der Waals surface area contributed by atoms with E-state index in [0.29, 0.717) is 0 Å². The predicted molar refractivity (Wildman–Crippen MR) is 98.8 cm³/mol. The van der Waals surface area contributed by atoms with E-state index in [1.165, 1.54) is 0 Å². The van der Waals surface area contributed by atoms with Crippen LogP contribution in [-0.2, 0) is 5.66 Å². The fraction of sp³-hybridized carbons (Fsp3) is 0.111. The van der Waals surface area contributed by atoms with E-state index in [4.69, 9.17) is 0 Å². The zero-order valence-electron chi connectivity index (χ0n) is 12.8. The van der Waals surface area contributed by atoms with Gasteiger partial charge in [0.25, 0.3) is 0 Å². The number of aromatic nitrogens is 2. The van der Waals surface area contributed by atoms with Gasteiger partial charge in [-0.15, -0.1) is 0 Å². The van der Waals surface area contributed by atoms with Crippen LogP contribution in [-0.4, -0.2) is 16.0 Å². The maximum absolute atomic E-state index is 4.61.